The first-order chi connectivity index (χ1) is 15.4. The van der Waals surface area contributed by atoms with Gasteiger partial charge in [0.2, 0.25) is 0 Å². The lowest BCUT2D eigenvalue weighted by molar-refractivity contribution is -0.137. The van der Waals surface area contributed by atoms with Crippen molar-refractivity contribution >= 4 is 11.3 Å². The molecule has 0 saturated heterocycles. The van der Waals surface area contributed by atoms with E-state index in [1.165, 1.54) is 19.2 Å². The molecule has 0 saturated carbocycles. The van der Waals surface area contributed by atoms with Gasteiger partial charge in [-0.25, -0.2) is 4.79 Å². The highest BCUT2D eigenvalue weighted by Gasteiger charge is 2.38. The molecule has 0 atom stereocenters. The van der Waals surface area contributed by atoms with Crippen LogP contribution in [-0.4, -0.2) is 25.4 Å². The van der Waals surface area contributed by atoms with Crippen LogP contribution in [0.25, 0.3) is 17.0 Å². The Labute approximate surface area is 187 Å². The summed E-state index contributed by atoms with van der Waals surface area (Å²) < 4.78 is 49.8. The molecule has 0 unspecified atom stereocenters. The number of benzene rings is 2. The van der Waals surface area contributed by atoms with Crippen molar-refractivity contribution in [1.82, 2.24) is 19.8 Å². The van der Waals surface area contributed by atoms with Crippen LogP contribution in [0.15, 0.2) is 41.2 Å². The molecule has 4 rings (SSSR count). The zero-order valence-electron chi connectivity index (χ0n) is 18.4. The lowest BCUT2D eigenvalue weighted by Gasteiger charge is -2.20. The summed E-state index contributed by atoms with van der Waals surface area (Å²) in [4.78, 5) is 17.6. The minimum Gasteiger partial charge on any atom is -0.487 e. The SMILES string of the molecule is C/C(=C(\ON)c1c(-n2nnn(C)c2=O)cccc1C(F)(F)F)c1cccc2c1CC(C)(C)O2. The number of hydrogen-bond acceptors (Lipinski definition) is 6. The highest BCUT2D eigenvalue weighted by molar-refractivity contribution is 5.91. The number of nitrogens with zero attached hydrogens (tertiary/aromatic N) is 4. The van der Waals surface area contributed by atoms with Crippen LogP contribution in [0.2, 0.25) is 0 Å². The van der Waals surface area contributed by atoms with E-state index in [9.17, 15) is 18.0 Å². The Morgan fingerprint density at radius 3 is 2.48 bits per heavy atom. The van der Waals surface area contributed by atoms with Crippen LogP contribution in [0.5, 0.6) is 5.75 Å². The van der Waals surface area contributed by atoms with Crippen LogP contribution in [0.3, 0.4) is 0 Å². The summed E-state index contributed by atoms with van der Waals surface area (Å²) in [7, 11) is 1.34. The van der Waals surface area contributed by atoms with Gasteiger partial charge < -0.3 is 9.57 Å². The van der Waals surface area contributed by atoms with Gasteiger partial charge in [0, 0.05) is 24.6 Å². The number of allylic oxidation sites excluding steroid dienone is 1. The van der Waals surface area contributed by atoms with Gasteiger partial charge in [-0.05, 0) is 55.0 Å². The normalized spacial score (nSPS) is 15.6. The Bertz CT molecular complexity index is 1320. The highest BCUT2D eigenvalue weighted by Crippen LogP contribution is 2.43. The second-order valence-corrected chi connectivity index (χ2v) is 8.39. The van der Waals surface area contributed by atoms with Crippen LogP contribution >= 0.6 is 0 Å². The Morgan fingerprint density at radius 1 is 1.18 bits per heavy atom. The number of nitrogens with two attached hydrogens (primary N) is 1. The average Bonchev–Trinajstić information content (AvgIpc) is 3.24. The molecule has 0 fully saturated rings. The molecule has 1 aliphatic rings. The predicted octanol–water partition coefficient (Wildman–Crippen LogP) is 3.48. The second kappa shape index (κ2) is 7.77. The summed E-state index contributed by atoms with van der Waals surface area (Å²) in [6.07, 6.45) is -4.21. The van der Waals surface area contributed by atoms with Gasteiger partial charge in [0.15, 0.2) is 5.76 Å². The smallest absolute Gasteiger partial charge is 0.417 e. The molecule has 0 spiro atoms. The largest absolute Gasteiger partial charge is 0.487 e. The number of rotatable bonds is 4. The monoisotopic (exact) mass is 461 g/mol. The minimum atomic E-state index is -4.76. The molecule has 0 aliphatic carbocycles. The van der Waals surface area contributed by atoms with Gasteiger partial charge in [-0.3, -0.25) is 0 Å². The summed E-state index contributed by atoms with van der Waals surface area (Å²) in [5.41, 5.74) is -0.974. The van der Waals surface area contributed by atoms with Crippen molar-refractivity contribution in [2.24, 2.45) is 12.9 Å². The molecule has 11 heteroatoms. The van der Waals surface area contributed by atoms with Crippen LogP contribution in [0.4, 0.5) is 13.2 Å². The molecule has 2 aromatic carbocycles. The van der Waals surface area contributed by atoms with Crippen molar-refractivity contribution in [3.05, 3.63) is 69.1 Å². The van der Waals surface area contributed by atoms with E-state index in [2.05, 4.69) is 10.4 Å². The van der Waals surface area contributed by atoms with Crippen LogP contribution in [-0.2, 0) is 24.5 Å². The van der Waals surface area contributed by atoms with Crippen molar-refractivity contribution in [3.63, 3.8) is 0 Å². The van der Waals surface area contributed by atoms with E-state index in [4.69, 9.17) is 15.5 Å². The van der Waals surface area contributed by atoms with Gasteiger partial charge in [0.25, 0.3) is 0 Å². The average molecular weight is 461 g/mol. The molecule has 3 aromatic rings. The molecule has 1 aromatic heterocycles. The maximum atomic E-state index is 14.1. The first-order valence-electron chi connectivity index (χ1n) is 10.0. The number of ether oxygens (including phenoxy) is 1. The van der Waals surface area contributed by atoms with E-state index in [-0.39, 0.29) is 11.4 Å². The van der Waals surface area contributed by atoms with Crippen LogP contribution in [0.1, 0.15) is 43.0 Å². The molecule has 0 amide bonds. The summed E-state index contributed by atoms with van der Waals surface area (Å²) in [5.74, 6) is 5.96. The number of halogens is 3. The Morgan fingerprint density at radius 2 is 1.88 bits per heavy atom. The Kier molecular flexibility index (Phi) is 5.32. The highest BCUT2D eigenvalue weighted by atomic mass is 19.4. The number of hydrogen-bond donors (Lipinski definition) is 1. The molecule has 174 valence electrons. The number of tetrazole rings is 1. The Hall–Kier alpha value is -3.60. The van der Waals surface area contributed by atoms with Crippen molar-refractivity contribution in [2.75, 3.05) is 0 Å². The number of alkyl halides is 3. The number of aryl methyl sites for hydroxylation is 1. The molecule has 1 aliphatic heterocycles. The fourth-order valence-electron chi connectivity index (χ4n) is 4.07. The molecule has 2 N–H and O–H groups in total. The summed E-state index contributed by atoms with van der Waals surface area (Å²) >= 11 is 0. The lowest BCUT2D eigenvalue weighted by atomic mass is 9.91. The van der Waals surface area contributed by atoms with Gasteiger partial charge in [-0.1, -0.05) is 18.2 Å². The van der Waals surface area contributed by atoms with Gasteiger partial charge >= 0.3 is 11.9 Å². The third-order valence-corrected chi connectivity index (χ3v) is 5.51. The standard InChI is InChI=1S/C22H22F3N5O3/c1-12(13-7-5-10-17-14(13)11-21(2,3)32-17)19(33-26)18-15(22(23,24)25)8-6-9-16(18)30-20(31)29(4)27-28-30/h5-10H,11,26H2,1-4H3/b19-12+. The summed E-state index contributed by atoms with van der Waals surface area (Å²) in [6.45, 7) is 5.46. The zero-order valence-corrected chi connectivity index (χ0v) is 18.4. The van der Waals surface area contributed by atoms with Gasteiger partial charge in [-0.2, -0.15) is 28.4 Å². The van der Waals surface area contributed by atoms with Crippen molar-refractivity contribution in [2.45, 2.75) is 39.0 Å². The summed E-state index contributed by atoms with van der Waals surface area (Å²) in [5, 5.41) is 7.31. The Balaban J connectivity index is 2.04. The minimum absolute atomic E-state index is 0.160. The maximum Gasteiger partial charge on any atom is 0.417 e. The van der Waals surface area contributed by atoms with Crippen molar-refractivity contribution < 1.29 is 22.7 Å². The van der Waals surface area contributed by atoms with Crippen molar-refractivity contribution in [3.8, 4) is 11.4 Å². The van der Waals surface area contributed by atoms with E-state index < -0.39 is 28.6 Å². The van der Waals surface area contributed by atoms with E-state index >= 15 is 0 Å². The van der Waals surface area contributed by atoms with E-state index in [1.54, 1.807) is 25.1 Å². The second-order valence-electron chi connectivity index (χ2n) is 8.39. The molecule has 8 nitrogen and oxygen atoms in total. The lowest BCUT2D eigenvalue weighted by Crippen LogP contribution is -2.25. The molecular formula is C22H22F3N5O3. The third kappa shape index (κ3) is 3.88. The third-order valence-electron chi connectivity index (χ3n) is 5.51. The number of fused-ring (bicyclic) bond motifs is 1. The molecule has 0 radical (unpaired) electrons. The van der Waals surface area contributed by atoms with Gasteiger partial charge in [0.05, 0.1) is 16.8 Å². The molecule has 2 heterocycles. The maximum absolute atomic E-state index is 14.1. The van der Waals surface area contributed by atoms with Crippen LogP contribution < -0.4 is 16.3 Å². The first-order valence-corrected chi connectivity index (χ1v) is 10.0. The van der Waals surface area contributed by atoms with Crippen LogP contribution in [0, 0.1) is 0 Å². The molecular weight excluding hydrogens is 439 g/mol. The van der Waals surface area contributed by atoms with Crippen molar-refractivity contribution in [1.29, 1.82) is 0 Å². The fourth-order valence-corrected chi connectivity index (χ4v) is 4.07. The first kappa shape index (κ1) is 22.6. The number of aromatic nitrogens is 4. The quantitative estimate of drug-likeness (QED) is 0.363. The van der Waals surface area contributed by atoms with Gasteiger partial charge in [0.1, 0.15) is 11.4 Å². The van der Waals surface area contributed by atoms with E-state index in [1.807, 2.05) is 13.8 Å². The predicted molar refractivity (Wildman–Crippen MR) is 114 cm³/mol. The fraction of sp³-hybridized carbons (Fsp3) is 0.318. The molecule has 0 bridgehead atoms. The van der Waals surface area contributed by atoms with E-state index in [0.717, 1.165) is 21.0 Å². The topological polar surface area (TPSA) is 97.2 Å². The van der Waals surface area contributed by atoms with Gasteiger partial charge in [-0.15, -0.1) is 0 Å². The summed E-state index contributed by atoms with van der Waals surface area (Å²) in [6, 6.07) is 8.73. The molecule has 33 heavy (non-hydrogen) atoms. The van der Waals surface area contributed by atoms with E-state index in [0.29, 0.717) is 23.3 Å². The zero-order chi connectivity index (χ0) is 24.1.